The molecule has 0 aliphatic carbocycles. The molecule has 3 aromatic rings. The Morgan fingerprint density at radius 3 is 2.57 bits per heavy atom. The quantitative estimate of drug-likeness (QED) is 0.694. The summed E-state index contributed by atoms with van der Waals surface area (Å²) in [7, 11) is 0. The Morgan fingerprint density at radius 1 is 1.14 bits per heavy atom. The Kier molecular flexibility index (Phi) is 5.21. The van der Waals surface area contributed by atoms with Crippen LogP contribution in [0, 0.1) is 0 Å². The van der Waals surface area contributed by atoms with E-state index in [-0.39, 0.29) is 17.8 Å². The van der Waals surface area contributed by atoms with Crippen molar-refractivity contribution in [1.82, 2.24) is 15.1 Å². The number of H-pyrrole nitrogens is 1. The lowest BCUT2D eigenvalue weighted by atomic mass is 10.1. The molecular formula is C21H20ClN3O3. The summed E-state index contributed by atoms with van der Waals surface area (Å²) in [5.74, 6) is 0.822. The van der Waals surface area contributed by atoms with Gasteiger partial charge in [0, 0.05) is 36.5 Å². The van der Waals surface area contributed by atoms with Crippen molar-refractivity contribution in [1.29, 1.82) is 0 Å². The molecule has 6 nitrogen and oxygen atoms in total. The first-order valence-electron chi connectivity index (χ1n) is 9.15. The number of halogens is 1. The first-order valence-corrected chi connectivity index (χ1v) is 9.53. The Morgan fingerprint density at radius 2 is 1.86 bits per heavy atom. The number of aromatic amines is 1. The number of carbonyl (C=O) groups is 1. The van der Waals surface area contributed by atoms with Crippen molar-refractivity contribution in [3.63, 3.8) is 0 Å². The monoisotopic (exact) mass is 397 g/mol. The van der Waals surface area contributed by atoms with Gasteiger partial charge in [-0.1, -0.05) is 23.7 Å². The van der Waals surface area contributed by atoms with E-state index in [1.165, 1.54) is 0 Å². The van der Waals surface area contributed by atoms with E-state index in [0.717, 1.165) is 18.6 Å². The third-order valence-corrected chi connectivity index (χ3v) is 5.09. The largest absolute Gasteiger partial charge is 0.507 e. The van der Waals surface area contributed by atoms with Gasteiger partial charge in [0.2, 0.25) is 0 Å². The van der Waals surface area contributed by atoms with Crippen molar-refractivity contribution < 1.29 is 14.6 Å². The van der Waals surface area contributed by atoms with Crippen molar-refractivity contribution in [2.24, 2.45) is 0 Å². The van der Waals surface area contributed by atoms with Crippen LogP contribution in [0.3, 0.4) is 0 Å². The molecule has 1 saturated heterocycles. The van der Waals surface area contributed by atoms with Crippen molar-refractivity contribution in [2.45, 2.75) is 18.9 Å². The zero-order valence-corrected chi connectivity index (χ0v) is 15.9. The van der Waals surface area contributed by atoms with Gasteiger partial charge in [0.15, 0.2) is 0 Å². The molecule has 1 fully saturated rings. The van der Waals surface area contributed by atoms with E-state index in [2.05, 4.69) is 10.2 Å². The van der Waals surface area contributed by atoms with Crippen molar-refractivity contribution in [3.05, 3.63) is 65.3 Å². The molecule has 2 heterocycles. The number of aromatic nitrogens is 2. The highest BCUT2D eigenvalue weighted by molar-refractivity contribution is 6.30. The number of ether oxygens (including phenoxy) is 1. The number of amides is 1. The fraction of sp³-hybridized carbons (Fsp3) is 0.238. The second-order valence-corrected chi connectivity index (χ2v) is 7.18. The van der Waals surface area contributed by atoms with Crippen LogP contribution in [-0.2, 0) is 0 Å². The topological polar surface area (TPSA) is 78.4 Å². The summed E-state index contributed by atoms with van der Waals surface area (Å²) in [6.45, 7) is 1.23. The number of carbonyl (C=O) groups excluding carboxylic acids is 1. The fourth-order valence-electron chi connectivity index (χ4n) is 3.31. The van der Waals surface area contributed by atoms with Gasteiger partial charge in [-0.2, -0.15) is 5.10 Å². The molecule has 0 saturated carbocycles. The molecule has 1 aromatic heterocycles. The predicted octanol–water partition coefficient (Wildman–Crippen LogP) is 4.12. The minimum atomic E-state index is -0.0980. The Balaban J connectivity index is 1.36. The number of hydrogen-bond acceptors (Lipinski definition) is 4. The minimum Gasteiger partial charge on any atom is -0.507 e. The highest BCUT2D eigenvalue weighted by Gasteiger charge is 2.26. The molecule has 144 valence electrons. The van der Waals surface area contributed by atoms with Crippen molar-refractivity contribution >= 4 is 17.5 Å². The zero-order valence-electron chi connectivity index (χ0n) is 15.1. The zero-order chi connectivity index (χ0) is 19.5. The van der Waals surface area contributed by atoms with E-state index in [9.17, 15) is 9.90 Å². The summed E-state index contributed by atoms with van der Waals surface area (Å²) < 4.78 is 5.97. The van der Waals surface area contributed by atoms with E-state index in [1.807, 2.05) is 18.2 Å². The number of piperidine rings is 1. The number of benzene rings is 2. The van der Waals surface area contributed by atoms with Gasteiger partial charge in [0.05, 0.1) is 5.69 Å². The minimum absolute atomic E-state index is 0.0730. The number of para-hydroxylation sites is 1. The summed E-state index contributed by atoms with van der Waals surface area (Å²) in [6, 6.07) is 15.9. The molecule has 2 aromatic carbocycles. The SMILES string of the molecule is O=C(c1cc(-c2ccccc2O)n[nH]1)N1CCC(Oc2ccc(Cl)cc2)CC1. The van der Waals surface area contributed by atoms with E-state index < -0.39 is 0 Å². The van der Waals surface area contributed by atoms with Crippen LogP contribution in [0.4, 0.5) is 0 Å². The number of rotatable bonds is 4. The molecule has 4 rings (SSSR count). The van der Waals surface area contributed by atoms with Crippen LogP contribution < -0.4 is 4.74 Å². The third-order valence-electron chi connectivity index (χ3n) is 4.83. The lowest BCUT2D eigenvalue weighted by Gasteiger charge is -2.31. The van der Waals surface area contributed by atoms with Crippen molar-refractivity contribution in [3.8, 4) is 22.8 Å². The summed E-state index contributed by atoms with van der Waals surface area (Å²) >= 11 is 5.89. The Labute approximate surface area is 167 Å². The first kappa shape index (κ1) is 18.4. The normalized spacial score (nSPS) is 14.8. The van der Waals surface area contributed by atoms with Gasteiger partial charge < -0.3 is 14.7 Å². The molecule has 7 heteroatoms. The summed E-state index contributed by atoms with van der Waals surface area (Å²) in [5, 5.41) is 17.6. The molecule has 1 aliphatic heterocycles. The summed E-state index contributed by atoms with van der Waals surface area (Å²) in [5.41, 5.74) is 1.55. The third kappa shape index (κ3) is 3.97. The molecule has 1 amide bonds. The number of phenols is 1. The first-order chi connectivity index (χ1) is 13.6. The van der Waals surface area contributed by atoms with E-state index in [0.29, 0.717) is 35.1 Å². The van der Waals surface area contributed by atoms with Crippen LogP contribution >= 0.6 is 11.6 Å². The van der Waals surface area contributed by atoms with Gasteiger partial charge in [-0.3, -0.25) is 9.89 Å². The van der Waals surface area contributed by atoms with Crippen LogP contribution in [0.5, 0.6) is 11.5 Å². The highest BCUT2D eigenvalue weighted by atomic mass is 35.5. The summed E-state index contributed by atoms with van der Waals surface area (Å²) in [4.78, 5) is 14.6. The van der Waals surface area contributed by atoms with E-state index in [1.54, 1.807) is 41.3 Å². The maximum atomic E-state index is 12.8. The van der Waals surface area contributed by atoms with Gasteiger partial charge >= 0.3 is 0 Å². The van der Waals surface area contributed by atoms with E-state index in [4.69, 9.17) is 16.3 Å². The molecule has 0 bridgehead atoms. The second-order valence-electron chi connectivity index (χ2n) is 6.75. The van der Waals surface area contributed by atoms with Gasteiger partial charge in [-0.15, -0.1) is 0 Å². The Hall–Kier alpha value is -2.99. The van der Waals surface area contributed by atoms with Crippen LogP contribution in [0.1, 0.15) is 23.3 Å². The molecule has 0 radical (unpaired) electrons. The molecule has 0 spiro atoms. The van der Waals surface area contributed by atoms with Gasteiger partial charge in [-0.05, 0) is 42.5 Å². The average molecular weight is 398 g/mol. The maximum absolute atomic E-state index is 12.8. The Bertz CT molecular complexity index is 963. The van der Waals surface area contributed by atoms with Crippen LogP contribution in [0.25, 0.3) is 11.3 Å². The van der Waals surface area contributed by atoms with Crippen LogP contribution in [0.2, 0.25) is 5.02 Å². The lowest BCUT2D eigenvalue weighted by Crippen LogP contribution is -2.41. The standard InChI is InChI=1S/C21H20ClN3O3/c22-14-5-7-15(8-6-14)28-16-9-11-25(12-10-16)21(27)19-13-18(23-24-19)17-3-1-2-4-20(17)26/h1-8,13,16,26H,9-12H2,(H,23,24). The van der Waals surface area contributed by atoms with Gasteiger partial charge in [-0.25, -0.2) is 0 Å². The molecule has 0 unspecified atom stereocenters. The smallest absolute Gasteiger partial charge is 0.271 e. The number of aromatic hydroxyl groups is 1. The highest BCUT2D eigenvalue weighted by Crippen LogP contribution is 2.28. The summed E-state index contributed by atoms with van der Waals surface area (Å²) in [6.07, 6.45) is 1.59. The lowest BCUT2D eigenvalue weighted by molar-refractivity contribution is 0.0590. The van der Waals surface area contributed by atoms with Gasteiger partial charge in [0.25, 0.3) is 5.91 Å². The number of nitrogens with zero attached hydrogens (tertiary/aromatic N) is 2. The van der Waals surface area contributed by atoms with E-state index >= 15 is 0 Å². The number of likely N-dealkylation sites (tertiary alicyclic amines) is 1. The predicted molar refractivity (Wildman–Crippen MR) is 107 cm³/mol. The maximum Gasteiger partial charge on any atom is 0.271 e. The number of hydrogen-bond donors (Lipinski definition) is 2. The average Bonchev–Trinajstić information content (AvgIpc) is 3.20. The number of nitrogens with one attached hydrogen (secondary N) is 1. The molecular weight excluding hydrogens is 378 g/mol. The second kappa shape index (κ2) is 7.94. The molecule has 2 N–H and O–H groups in total. The van der Waals surface area contributed by atoms with Crippen LogP contribution in [0.15, 0.2) is 54.6 Å². The van der Waals surface area contributed by atoms with Gasteiger partial charge in [0.1, 0.15) is 23.3 Å². The molecule has 0 atom stereocenters. The number of phenolic OH excluding ortho intramolecular Hbond substituents is 1. The molecule has 28 heavy (non-hydrogen) atoms. The van der Waals surface area contributed by atoms with Crippen LogP contribution in [-0.4, -0.2) is 45.3 Å². The fourth-order valence-corrected chi connectivity index (χ4v) is 3.44. The van der Waals surface area contributed by atoms with Crippen molar-refractivity contribution in [2.75, 3.05) is 13.1 Å². The molecule has 1 aliphatic rings.